The van der Waals surface area contributed by atoms with E-state index in [0.717, 1.165) is 11.8 Å². The predicted octanol–water partition coefficient (Wildman–Crippen LogP) is 0.528. The summed E-state index contributed by atoms with van der Waals surface area (Å²) in [6.07, 6.45) is 1.23. The second kappa shape index (κ2) is 9.03. The van der Waals surface area contributed by atoms with Crippen LogP contribution in [0.1, 0.15) is 36.2 Å². The Morgan fingerprint density at radius 1 is 1.24 bits per heavy atom. The Morgan fingerprint density at radius 2 is 1.94 bits per heavy atom. The minimum atomic E-state index is -3.44. The smallest absolute Gasteiger partial charge is 0.224 e. The molecule has 1 aromatic carbocycles. The van der Waals surface area contributed by atoms with Gasteiger partial charge in [-0.15, -0.1) is 5.10 Å². The summed E-state index contributed by atoms with van der Waals surface area (Å²) in [6.45, 7) is 0.159. The fraction of sp³-hybridized carbons (Fsp3) is 0.550. The van der Waals surface area contributed by atoms with Crippen molar-refractivity contribution in [3.63, 3.8) is 0 Å². The number of nitrogens with zero attached hydrogens (tertiary/aromatic N) is 4. The molecule has 0 spiro atoms. The molecule has 1 aliphatic carbocycles. The molecule has 1 saturated carbocycles. The number of benzene rings is 1. The summed E-state index contributed by atoms with van der Waals surface area (Å²) < 4.78 is 69.3. The molecule has 1 fully saturated rings. The summed E-state index contributed by atoms with van der Waals surface area (Å²) in [5.41, 5.74) is 7.32. The van der Waals surface area contributed by atoms with Crippen molar-refractivity contribution in [2.75, 3.05) is 6.54 Å². The van der Waals surface area contributed by atoms with Gasteiger partial charge in [0.05, 0.1) is 23.5 Å². The van der Waals surface area contributed by atoms with Crippen LogP contribution in [0.25, 0.3) is 0 Å². The van der Waals surface area contributed by atoms with E-state index in [9.17, 15) is 26.4 Å². The summed E-state index contributed by atoms with van der Waals surface area (Å²) in [6, 6.07) is -0.162. The summed E-state index contributed by atoms with van der Waals surface area (Å²) in [4.78, 5) is 14.6. The number of amides is 1. The first-order valence-corrected chi connectivity index (χ1v) is 12.1. The van der Waals surface area contributed by atoms with Crippen LogP contribution in [-0.2, 0) is 41.3 Å². The van der Waals surface area contributed by atoms with Crippen molar-refractivity contribution in [3.05, 3.63) is 46.5 Å². The van der Waals surface area contributed by atoms with E-state index in [1.54, 1.807) is 11.7 Å². The number of halogens is 3. The van der Waals surface area contributed by atoms with Gasteiger partial charge in [-0.05, 0) is 30.9 Å². The fourth-order valence-corrected chi connectivity index (χ4v) is 5.43. The zero-order valence-electron chi connectivity index (χ0n) is 18.0. The van der Waals surface area contributed by atoms with Crippen molar-refractivity contribution in [2.45, 2.75) is 56.0 Å². The highest BCUT2D eigenvalue weighted by Crippen LogP contribution is 2.28. The molecule has 0 radical (unpaired) electrons. The number of hydrogen-bond acceptors (Lipinski definition) is 6. The van der Waals surface area contributed by atoms with Crippen LogP contribution in [0.4, 0.5) is 13.2 Å². The second-order valence-electron chi connectivity index (χ2n) is 8.60. The zero-order chi connectivity index (χ0) is 23.9. The predicted molar refractivity (Wildman–Crippen MR) is 112 cm³/mol. The van der Waals surface area contributed by atoms with Gasteiger partial charge in [0.25, 0.3) is 0 Å². The van der Waals surface area contributed by atoms with Crippen molar-refractivity contribution in [3.8, 4) is 0 Å². The maximum atomic E-state index is 14.0. The van der Waals surface area contributed by atoms with Crippen molar-refractivity contribution < 1.29 is 26.4 Å². The first-order valence-electron chi connectivity index (χ1n) is 10.6. The SMILES string of the molecule is Cn1nnc2c1C[C@@H](CNS(=O)(=O)C1CC1)N(C(=O)C[C@H](N)Cc1cc(F)c(F)cc1F)C2. The molecule has 33 heavy (non-hydrogen) atoms. The molecule has 1 aliphatic heterocycles. The largest absolute Gasteiger partial charge is 0.332 e. The molecular weight excluding hydrogens is 461 g/mol. The lowest BCUT2D eigenvalue weighted by atomic mass is 9.99. The molecule has 9 nitrogen and oxygen atoms in total. The molecule has 1 amide bonds. The molecule has 180 valence electrons. The summed E-state index contributed by atoms with van der Waals surface area (Å²) >= 11 is 0. The first kappa shape index (κ1) is 23.6. The van der Waals surface area contributed by atoms with Gasteiger partial charge in [-0.1, -0.05) is 5.21 Å². The molecule has 1 aromatic heterocycles. The summed E-state index contributed by atoms with van der Waals surface area (Å²) in [5.74, 6) is -3.81. The highest BCUT2D eigenvalue weighted by atomic mass is 32.2. The minimum Gasteiger partial charge on any atom is -0.332 e. The molecular formula is C20H25F3N6O3S. The van der Waals surface area contributed by atoms with E-state index in [1.165, 1.54) is 4.90 Å². The number of carbonyl (C=O) groups is 1. The number of fused-ring (bicyclic) bond motifs is 1. The molecule has 0 unspecified atom stereocenters. The van der Waals surface area contributed by atoms with Crippen molar-refractivity contribution in [1.82, 2.24) is 24.6 Å². The van der Waals surface area contributed by atoms with Crippen molar-refractivity contribution >= 4 is 15.9 Å². The Kier molecular flexibility index (Phi) is 6.47. The standard InChI is InChI=1S/C20H25F3N6O3S/c1-28-19-7-13(9-25-33(31,32)14-2-3-14)29(10-18(19)26-27-28)20(30)6-12(24)4-11-5-16(22)17(23)8-15(11)21/h5,8,12-14,25H,2-4,6-7,9-10,24H2,1H3/t12-,13+/m1/s1. The van der Waals surface area contributed by atoms with Crippen LogP contribution in [0.5, 0.6) is 0 Å². The Balaban J connectivity index is 1.46. The molecule has 2 heterocycles. The average Bonchev–Trinajstić information content (AvgIpc) is 3.55. The number of nitrogens with one attached hydrogen (secondary N) is 1. The number of aromatic nitrogens is 3. The summed E-state index contributed by atoms with van der Waals surface area (Å²) in [5, 5.41) is 7.65. The molecule has 0 bridgehead atoms. The quantitative estimate of drug-likeness (QED) is 0.525. The molecule has 2 aromatic rings. The number of hydrogen-bond donors (Lipinski definition) is 2. The second-order valence-corrected chi connectivity index (χ2v) is 10.7. The molecule has 4 rings (SSSR count). The van der Waals surface area contributed by atoms with E-state index < -0.39 is 44.8 Å². The minimum absolute atomic E-state index is 0.0300. The molecule has 0 saturated heterocycles. The van der Waals surface area contributed by atoms with Crippen LogP contribution in [-0.4, -0.2) is 58.1 Å². The number of aryl methyl sites for hydroxylation is 1. The first-order chi connectivity index (χ1) is 15.5. The lowest BCUT2D eigenvalue weighted by molar-refractivity contribution is -0.135. The van der Waals surface area contributed by atoms with Crippen LogP contribution in [0.3, 0.4) is 0 Å². The van der Waals surface area contributed by atoms with Gasteiger partial charge in [0.2, 0.25) is 15.9 Å². The summed E-state index contributed by atoms with van der Waals surface area (Å²) in [7, 11) is -1.72. The Hall–Kier alpha value is -2.51. The molecule has 3 N–H and O–H groups in total. The average molecular weight is 487 g/mol. The van der Waals surface area contributed by atoms with Gasteiger partial charge in [-0.2, -0.15) is 0 Å². The monoisotopic (exact) mass is 486 g/mol. The lowest BCUT2D eigenvalue weighted by Gasteiger charge is -2.35. The highest BCUT2D eigenvalue weighted by molar-refractivity contribution is 7.90. The van der Waals surface area contributed by atoms with E-state index in [0.29, 0.717) is 31.0 Å². The van der Waals surface area contributed by atoms with Crippen LogP contribution >= 0.6 is 0 Å². The van der Waals surface area contributed by atoms with Gasteiger partial charge in [-0.25, -0.2) is 26.3 Å². The normalized spacial score (nSPS) is 19.4. The maximum Gasteiger partial charge on any atom is 0.224 e. The van der Waals surface area contributed by atoms with E-state index >= 15 is 0 Å². The fourth-order valence-electron chi connectivity index (χ4n) is 4.02. The molecule has 2 atom stereocenters. The molecule has 2 aliphatic rings. The van der Waals surface area contributed by atoms with E-state index in [-0.39, 0.29) is 37.4 Å². The van der Waals surface area contributed by atoms with Gasteiger partial charge in [0.1, 0.15) is 11.5 Å². The van der Waals surface area contributed by atoms with Crippen LogP contribution < -0.4 is 10.5 Å². The maximum absolute atomic E-state index is 14.0. The Morgan fingerprint density at radius 3 is 2.64 bits per heavy atom. The van der Waals surface area contributed by atoms with Crippen LogP contribution in [0.2, 0.25) is 0 Å². The highest BCUT2D eigenvalue weighted by Gasteiger charge is 2.38. The van der Waals surface area contributed by atoms with Gasteiger partial charge in [0, 0.05) is 38.5 Å². The van der Waals surface area contributed by atoms with E-state index in [1.807, 2.05) is 0 Å². The topological polar surface area (TPSA) is 123 Å². The third-order valence-electron chi connectivity index (χ3n) is 6.03. The van der Waals surface area contributed by atoms with Crippen LogP contribution in [0, 0.1) is 17.5 Å². The van der Waals surface area contributed by atoms with E-state index in [2.05, 4.69) is 15.0 Å². The number of sulfonamides is 1. The number of rotatable bonds is 8. The van der Waals surface area contributed by atoms with Crippen molar-refractivity contribution in [2.24, 2.45) is 12.8 Å². The van der Waals surface area contributed by atoms with Crippen LogP contribution in [0.15, 0.2) is 12.1 Å². The van der Waals surface area contributed by atoms with E-state index in [4.69, 9.17) is 5.73 Å². The molecule has 13 heteroatoms. The Labute approximate surface area is 189 Å². The van der Waals surface area contributed by atoms with Gasteiger partial charge in [-0.3, -0.25) is 9.48 Å². The number of nitrogens with two attached hydrogens (primary N) is 1. The Bertz CT molecular complexity index is 1170. The van der Waals surface area contributed by atoms with Gasteiger partial charge in [0.15, 0.2) is 11.6 Å². The number of carbonyl (C=O) groups excluding carboxylic acids is 1. The van der Waals surface area contributed by atoms with Gasteiger partial charge < -0.3 is 10.6 Å². The zero-order valence-corrected chi connectivity index (χ0v) is 18.8. The van der Waals surface area contributed by atoms with Crippen molar-refractivity contribution in [1.29, 1.82) is 0 Å². The van der Waals surface area contributed by atoms with Gasteiger partial charge >= 0.3 is 0 Å². The third-order valence-corrected chi connectivity index (χ3v) is 7.94. The lowest BCUT2D eigenvalue weighted by Crippen LogP contribution is -2.51. The third kappa shape index (κ3) is 5.20.